The van der Waals surface area contributed by atoms with Crippen molar-refractivity contribution in [2.75, 3.05) is 6.61 Å². The summed E-state index contributed by atoms with van der Waals surface area (Å²) < 4.78 is 5.36. The number of carbonyl (C=O) groups is 1. The van der Waals surface area contributed by atoms with Crippen molar-refractivity contribution in [1.82, 2.24) is 25.7 Å². The molecule has 0 bridgehead atoms. The number of hydrogen-bond donors (Lipinski definition) is 1. The molecule has 1 fully saturated rings. The molecule has 1 aliphatic carbocycles. The average molecular weight is 383 g/mol. The molecule has 28 heavy (non-hydrogen) atoms. The van der Waals surface area contributed by atoms with Crippen LogP contribution >= 0.6 is 0 Å². The van der Waals surface area contributed by atoms with Crippen LogP contribution in [0, 0.1) is 5.92 Å². The predicted octanol–water partition coefficient (Wildman–Crippen LogP) is 4.12. The summed E-state index contributed by atoms with van der Waals surface area (Å²) in [6.07, 6.45) is 4.86. The lowest BCUT2D eigenvalue weighted by atomic mass is 9.77. The van der Waals surface area contributed by atoms with Crippen LogP contribution in [0.5, 0.6) is 0 Å². The summed E-state index contributed by atoms with van der Waals surface area (Å²) in [5.41, 5.74) is 0.614. The van der Waals surface area contributed by atoms with Gasteiger partial charge in [-0.3, -0.25) is 0 Å². The van der Waals surface area contributed by atoms with Gasteiger partial charge in [-0.25, -0.2) is 4.79 Å². The molecular weight excluding hydrogens is 354 g/mol. The second-order valence-electron chi connectivity index (χ2n) is 8.40. The molecule has 1 aromatic carbocycles. The van der Waals surface area contributed by atoms with Gasteiger partial charge in [-0.1, -0.05) is 43.2 Å². The van der Waals surface area contributed by atoms with E-state index in [2.05, 4.69) is 25.7 Å². The van der Waals surface area contributed by atoms with E-state index in [0.717, 1.165) is 31.2 Å². The summed E-state index contributed by atoms with van der Waals surface area (Å²) in [4.78, 5) is 11.8. The fourth-order valence-corrected chi connectivity index (χ4v) is 3.63. The zero-order chi connectivity index (χ0) is 20.0. The largest absolute Gasteiger partial charge is 0.450 e. The third-order valence-corrected chi connectivity index (χ3v) is 4.97. The van der Waals surface area contributed by atoms with E-state index in [1.54, 1.807) is 0 Å². The molecule has 2 atom stereocenters. The Morgan fingerprint density at radius 1 is 1.07 bits per heavy atom. The van der Waals surface area contributed by atoms with Gasteiger partial charge in [0.1, 0.15) is 0 Å². The van der Waals surface area contributed by atoms with Crippen molar-refractivity contribution in [3.05, 3.63) is 36.2 Å². The third kappa shape index (κ3) is 5.71. The zero-order valence-electron chi connectivity index (χ0n) is 16.9. The Balaban J connectivity index is 1.59. The van der Waals surface area contributed by atoms with E-state index in [0.29, 0.717) is 24.2 Å². The number of nitrogens with zero attached hydrogens (tertiary/aromatic N) is 4. The molecule has 1 N–H and O–H groups in total. The first-order chi connectivity index (χ1) is 13.4. The van der Waals surface area contributed by atoms with Crippen molar-refractivity contribution < 1.29 is 9.53 Å². The molecule has 3 rings (SSSR count). The van der Waals surface area contributed by atoms with E-state index in [1.807, 2.05) is 51.1 Å². The zero-order valence-corrected chi connectivity index (χ0v) is 16.9. The Bertz CT molecular complexity index is 759. The van der Waals surface area contributed by atoms with E-state index in [-0.39, 0.29) is 17.6 Å². The minimum absolute atomic E-state index is 0.216. The Morgan fingerprint density at radius 3 is 2.43 bits per heavy atom. The maximum atomic E-state index is 11.8. The average Bonchev–Trinajstić information content (AvgIpc) is 2.68. The van der Waals surface area contributed by atoms with Crippen LogP contribution in [0.1, 0.15) is 64.6 Å². The van der Waals surface area contributed by atoms with Gasteiger partial charge in [-0.2, -0.15) is 0 Å². The molecule has 7 nitrogen and oxygen atoms in total. The highest BCUT2D eigenvalue weighted by atomic mass is 16.5. The number of hydrogen-bond acceptors (Lipinski definition) is 6. The maximum Gasteiger partial charge on any atom is 0.407 e. The molecule has 0 spiro atoms. The van der Waals surface area contributed by atoms with Gasteiger partial charge in [0.25, 0.3) is 0 Å². The molecule has 7 heteroatoms. The Morgan fingerprint density at radius 2 is 1.75 bits per heavy atom. The van der Waals surface area contributed by atoms with E-state index in [1.165, 1.54) is 6.42 Å². The van der Waals surface area contributed by atoms with Crippen LogP contribution in [0.15, 0.2) is 30.3 Å². The first kappa shape index (κ1) is 20.2. The lowest BCUT2D eigenvalue weighted by Gasteiger charge is -2.30. The highest BCUT2D eigenvalue weighted by molar-refractivity contribution is 5.68. The van der Waals surface area contributed by atoms with Gasteiger partial charge in [-0.05, 0) is 46.0 Å². The van der Waals surface area contributed by atoms with Gasteiger partial charge < -0.3 is 10.1 Å². The lowest BCUT2D eigenvalue weighted by Crippen LogP contribution is -2.41. The lowest BCUT2D eigenvalue weighted by molar-refractivity contribution is 0.123. The summed E-state index contributed by atoms with van der Waals surface area (Å²) in [7, 11) is 0. The molecular formula is C21H29N5O2. The maximum absolute atomic E-state index is 11.8. The van der Waals surface area contributed by atoms with E-state index >= 15 is 0 Å². The van der Waals surface area contributed by atoms with Gasteiger partial charge in [0, 0.05) is 17.0 Å². The fraction of sp³-hybridized carbons (Fsp3) is 0.571. The van der Waals surface area contributed by atoms with Gasteiger partial charge >= 0.3 is 6.09 Å². The van der Waals surface area contributed by atoms with Crippen molar-refractivity contribution in [1.29, 1.82) is 0 Å². The summed E-state index contributed by atoms with van der Waals surface area (Å²) in [5, 5.41) is 20.1. The number of carbonyl (C=O) groups excluding carboxylic acids is 1. The number of amides is 1. The second kappa shape index (κ2) is 9.08. The molecule has 1 saturated carbocycles. The molecule has 1 amide bonds. The van der Waals surface area contributed by atoms with Crippen molar-refractivity contribution in [2.24, 2.45) is 5.92 Å². The molecule has 1 heterocycles. The Labute approximate surface area is 166 Å². The van der Waals surface area contributed by atoms with Crippen LogP contribution in [0.2, 0.25) is 0 Å². The van der Waals surface area contributed by atoms with Crippen molar-refractivity contribution in [2.45, 2.75) is 64.3 Å². The molecule has 2 aromatic rings. The Hall–Kier alpha value is -2.57. The minimum atomic E-state index is -0.369. The second-order valence-corrected chi connectivity index (χ2v) is 8.40. The molecule has 150 valence electrons. The summed E-state index contributed by atoms with van der Waals surface area (Å²) >= 11 is 0. The third-order valence-electron chi connectivity index (χ3n) is 4.97. The van der Waals surface area contributed by atoms with Gasteiger partial charge in [0.05, 0.1) is 6.61 Å². The van der Waals surface area contributed by atoms with Gasteiger partial charge in [-0.15, -0.1) is 20.4 Å². The highest BCUT2D eigenvalue weighted by Crippen LogP contribution is 2.38. The molecule has 0 aliphatic heterocycles. The van der Waals surface area contributed by atoms with Crippen molar-refractivity contribution >= 4 is 6.09 Å². The normalized spacial score (nSPS) is 19.8. The fourth-order valence-electron chi connectivity index (χ4n) is 3.63. The molecule has 0 saturated heterocycles. The number of aromatic nitrogens is 4. The number of alkyl carbamates (subject to hydrolysis) is 1. The van der Waals surface area contributed by atoms with Crippen molar-refractivity contribution in [3.63, 3.8) is 0 Å². The van der Waals surface area contributed by atoms with Crippen LogP contribution in [0.3, 0.4) is 0 Å². The van der Waals surface area contributed by atoms with E-state index in [4.69, 9.17) is 4.74 Å². The first-order valence-corrected chi connectivity index (χ1v) is 10.00. The predicted molar refractivity (Wildman–Crippen MR) is 107 cm³/mol. The summed E-state index contributed by atoms with van der Waals surface area (Å²) in [5.74, 6) is 1.83. The SMILES string of the molecule is CC(C)(C)NC(=O)OCCC1CCCCC1c1nnc(-c2ccccc2)nn1. The number of ether oxygens (including phenoxy) is 1. The summed E-state index contributed by atoms with van der Waals surface area (Å²) in [6, 6.07) is 9.73. The van der Waals surface area contributed by atoms with E-state index < -0.39 is 0 Å². The topological polar surface area (TPSA) is 89.9 Å². The number of benzene rings is 1. The molecule has 1 aromatic heterocycles. The monoisotopic (exact) mass is 383 g/mol. The number of rotatable bonds is 5. The first-order valence-electron chi connectivity index (χ1n) is 10.00. The quantitative estimate of drug-likeness (QED) is 0.835. The smallest absolute Gasteiger partial charge is 0.407 e. The molecule has 2 unspecified atom stereocenters. The highest BCUT2D eigenvalue weighted by Gasteiger charge is 2.29. The van der Waals surface area contributed by atoms with Crippen LogP contribution in [0.25, 0.3) is 11.4 Å². The van der Waals surface area contributed by atoms with Crippen LogP contribution in [0.4, 0.5) is 4.79 Å². The Kier molecular flexibility index (Phi) is 6.54. The van der Waals surface area contributed by atoms with E-state index in [9.17, 15) is 4.79 Å². The van der Waals surface area contributed by atoms with Crippen LogP contribution in [-0.2, 0) is 4.74 Å². The van der Waals surface area contributed by atoms with Crippen LogP contribution < -0.4 is 5.32 Å². The summed E-state index contributed by atoms with van der Waals surface area (Å²) in [6.45, 7) is 6.19. The molecule has 1 aliphatic rings. The van der Waals surface area contributed by atoms with Gasteiger partial charge in [0.2, 0.25) is 5.82 Å². The number of nitrogens with one attached hydrogen (secondary N) is 1. The van der Waals surface area contributed by atoms with Crippen LogP contribution in [-0.4, -0.2) is 38.6 Å². The minimum Gasteiger partial charge on any atom is -0.450 e. The van der Waals surface area contributed by atoms with Crippen molar-refractivity contribution in [3.8, 4) is 11.4 Å². The molecule has 0 radical (unpaired) electrons. The van der Waals surface area contributed by atoms with Gasteiger partial charge in [0.15, 0.2) is 5.82 Å². The standard InChI is InChI=1S/C21H29N5O2/c1-21(2,3)22-20(27)28-14-13-15-9-7-8-12-17(15)19-25-23-18(24-26-19)16-10-5-4-6-11-16/h4-6,10-11,15,17H,7-9,12-14H2,1-3H3,(H,22,27).